The molecule has 200 valence electrons. The Morgan fingerprint density at radius 1 is 0.921 bits per heavy atom. The van der Waals surface area contributed by atoms with Gasteiger partial charge in [0.2, 0.25) is 0 Å². The van der Waals surface area contributed by atoms with E-state index in [2.05, 4.69) is 5.32 Å². The molecule has 38 heavy (non-hydrogen) atoms. The number of carboxylic acid groups (broad SMARTS) is 1. The van der Waals surface area contributed by atoms with E-state index in [4.69, 9.17) is 42.1 Å². The molecule has 1 aliphatic rings. The van der Waals surface area contributed by atoms with Gasteiger partial charge in [0.15, 0.2) is 6.10 Å². The Balaban J connectivity index is 1.29. The van der Waals surface area contributed by atoms with Gasteiger partial charge in [-0.25, -0.2) is 4.79 Å². The van der Waals surface area contributed by atoms with Crippen molar-refractivity contribution in [1.82, 2.24) is 5.32 Å². The number of carboxylic acids is 1. The second kappa shape index (κ2) is 13.6. The molecule has 2 N–H and O–H groups in total. The number of carbonyl (C=O) groups is 2. The molecule has 0 radical (unpaired) electrons. The predicted octanol–water partition coefficient (Wildman–Crippen LogP) is 4.64. The molecule has 8 nitrogen and oxygen atoms in total. The van der Waals surface area contributed by atoms with Gasteiger partial charge in [0.1, 0.15) is 31.3 Å². The highest BCUT2D eigenvalue weighted by molar-refractivity contribution is 6.35. The monoisotopic (exact) mass is 559 g/mol. The van der Waals surface area contributed by atoms with Gasteiger partial charge in [-0.1, -0.05) is 71.7 Å². The van der Waals surface area contributed by atoms with Gasteiger partial charge in [0.05, 0.1) is 13.2 Å². The van der Waals surface area contributed by atoms with Crippen LogP contribution in [-0.2, 0) is 43.4 Å². The molecule has 3 atom stereocenters. The molecule has 0 unspecified atom stereocenters. The number of hydrogen-bond donors (Lipinski definition) is 2. The van der Waals surface area contributed by atoms with E-state index in [1.807, 2.05) is 30.3 Å². The summed E-state index contributed by atoms with van der Waals surface area (Å²) in [6.45, 7) is 0.602. The van der Waals surface area contributed by atoms with Gasteiger partial charge >= 0.3 is 5.97 Å². The van der Waals surface area contributed by atoms with Gasteiger partial charge in [-0.2, -0.15) is 0 Å². The van der Waals surface area contributed by atoms with Gasteiger partial charge in [-0.15, -0.1) is 0 Å². The smallest absolute Gasteiger partial charge is 0.326 e. The summed E-state index contributed by atoms with van der Waals surface area (Å²) < 4.78 is 22.3. The largest absolute Gasteiger partial charge is 0.489 e. The third-order valence-corrected chi connectivity index (χ3v) is 6.65. The summed E-state index contributed by atoms with van der Waals surface area (Å²) in [5, 5.41) is 13.3. The Hall–Kier alpha value is -3.14. The summed E-state index contributed by atoms with van der Waals surface area (Å²) in [7, 11) is 0. The average molecular weight is 560 g/mol. The van der Waals surface area contributed by atoms with Gasteiger partial charge in [-0.05, 0) is 35.4 Å². The molecule has 1 aliphatic heterocycles. The van der Waals surface area contributed by atoms with E-state index in [1.165, 1.54) is 0 Å². The summed E-state index contributed by atoms with van der Waals surface area (Å²) >= 11 is 12.4. The topological polar surface area (TPSA) is 103 Å². The van der Waals surface area contributed by atoms with E-state index in [0.29, 0.717) is 33.5 Å². The van der Waals surface area contributed by atoms with E-state index in [9.17, 15) is 14.7 Å². The third kappa shape index (κ3) is 7.69. The van der Waals surface area contributed by atoms with Crippen molar-refractivity contribution in [1.29, 1.82) is 0 Å². The minimum atomic E-state index is -1.16. The van der Waals surface area contributed by atoms with Crippen LogP contribution in [0.5, 0.6) is 5.75 Å². The molecule has 10 heteroatoms. The summed E-state index contributed by atoms with van der Waals surface area (Å²) in [5.74, 6) is -1.17. The molecule has 0 aliphatic carbocycles. The number of benzene rings is 3. The van der Waals surface area contributed by atoms with Crippen molar-refractivity contribution in [2.45, 2.75) is 37.9 Å². The minimum Gasteiger partial charge on any atom is -0.489 e. The van der Waals surface area contributed by atoms with Crippen molar-refractivity contribution >= 4 is 35.1 Å². The quantitative estimate of drug-likeness (QED) is 0.333. The van der Waals surface area contributed by atoms with Crippen LogP contribution in [0.3, 0.4) is 0 Å². The molecular formula is C28H27Cl2NO7. The number of hydrogen-bond acceptors (Lipinski definition) is 6. The van der Waals surface area contributed by atoms with Gasteiger partial charge in [0, 0.05) is 22.0 Å². The highest BCUT2D eigenvalue weighted by Gasteiger charge is 2.37. The van der Waals surface area contributed by atoms with Crippen LogP contribution in [0.4, 0.5) is 0 Å². The van der Waals surface area contributed by atoms with Crippen LogP contribution in [0, 0.1) is 0 Å². The number of amides is 1. The molecule has 4 rings (SSSR count). The lowest BCUT2D eigenvalue weighted by Crippen LogP contribution is -2.49. The summed E-state index contributed by atoms with van der Waals surface area (Å²) in [5.41, 5.74) is 2.37. The molecule has 0 bridgehead atoms. The fraction of sp³-hybridized carbons (Fsp3) is 0.286. The molecule has 0 spiro atoms. The van der Waals surface area contributed by atoms with Crippen molar-refractivity contribution in [3.63, 3.8) is 0 Å². The van der Waals surface area contributed by atoms with Crippen LogP contribution in [0.2, 0.25) is 10.0 Å². The predicted molar refractivity (Wildman–Crippen MR) is 141 cm³/mol. The van der Waals surface area contributed by atoms with Crippen molar-refractivity contribution in [3.8, 4) is 5.75 Å². The Morgan fingerprint density at radius 3 is 2.32 bits per heavy atom. The first kappa shape index (κ1) is 27.9. The highest BCUT2D eigenvalue weighted by atomic mass is 35.5. The zero-order chi connectivity index (χ0) is 26.9. The van der Waals surface area contributed by atoms with Crippen molar-refractivity contribution < 1.29 is 33.6 Å². The molecule has 0 saturated carbocycles. The first-order chi connectivity index (χ1) is 18.4. The summed E-state index contributed by atoms with van der Waals surface area (Å²) in [6, 6.07) is 20.6. The van der Waals surface area contributed by atoms with Gasteiger partial charge < -0.3 is 29.4 Å². The number of nitrogens with one attached hydrogen (secondary N) is 1. The van der Waals surface area contributed by atoms with E-state index in [0.717, 1.165) is 5.56 Å². The molecule has 1 amide bonds. The van der Waals surface area contributed by atoms with Crippen LogP contribution in [0.1, 0.15) is 16.7 Å². The maximum Gasteiger partial charge on any atom is 0.326 e. The lowest BCUT2D eigenvalue weighted by molar-refractivity contribution is -0.144. The van der Waals surface area contributed by atoms with E-state index < -0.39 is 30.1 Å². The van der Waals surface area contributed by atoms with E-state index in [-0.39, 0.29) is 26.4 Å². The standard InChI is InChI=1S/C28H27Cl2NO7/c29-22-7-4-8-23(30)21(22)15-36-20-11-9-18(10-12-20)13-24(28(33)34)31-27(32)26-25(37-17-38-26)16-35-14-19-5-2-1-3-6-19/h1-12,24-26H,13-17H2,(H,31,32)(H,33,34)/t24-,25-,26+/m0/s1. The molecule has 3 aromatic carbocycles. The average Bonchev–Trinajstić information content (AvgIpc) is 3.38. The zero-order valence-electron chi connectivity index (χ0n) is 20.3. The summed E-state index contributed by atoms with van der Waals surface area (Å²) in [6.07, 6.45) is -1.54. The second-order valence-electron chi connectivity index (χ2n) is 8.65. The first-order valence-electron chi connectivity index (χ1n) is 11.9. The normalized spacial score (nSPS) is 17.6. The first-order valence-corrected chi connectivity index (χ1v) is 12.7. The third-order valence-electron chi connectivity index (χ3n) is 5.94. The van der Waals surface area contributed by atoms with Crippen LogP contribution in [0.15, 0.2) is 72.8 Å². The van der Waals surface area contributed by atoms with Crippen molar-refractivity contribution in [2.75, 3.05) is 13.4 Å². The molecule has 1 heterocycles. The van der Waals surface area contributed by atoms with Crippen molar-refractivity contribution in [2.24, 2.45) is 0 Å². The molecule has 1 saturated heterocycles. The molecule has 0 aromatic heterocycles. The molecule has 1 fully saturated rings. The number of rotatable bonds is 12. The zero-order valence-corrected chi connectivity index (χ0v) is 21.9. The second-order valence-corrected chi connectivity index (χ2v) is 9.46. The van der Waals surface area contributed by atoms with E-state index in [1.54, 1.807) is 42.5 Å². The SMILES string of the molecule is O=C(O)[C@H](Cc1ccc(OCc2c(Cl)cccc2Cl)cc1)NC(=O)[C@@H]1OCO[C@H]1COCc1ccccc1. The summed E-state index contributed by atoms with van der Waals surface area (Å²) in [4.78, 5) is 24.7. The Bertz CT molecular complexity index is 1200. The number of halogens is 2. The number of ether oxygens (including phenoxy) is 4. The fourth-order valence-corrected chi connectivity index (χ4v) is 4.39. The van der Waals surface area contributed by atoms with Crippen LogP contribution >= 0.6 is 23.2 Å². The van der Waals surface area contributed by atoms with Crippen molar-refractivity contribution in [3.05, 3.63) is 99.5 Å². The maximum atomic E-state index is 12.8. The molecule has 3 aromatic rings. The lowest BCUT2D eigenvalue weighted by atomic mass is 10.0. The van der Waals surface area contributed by atoms with Crippen LogP contribution in [0.25, 0.3) is 0 Å². The Morgan fingerprint density at radius 2 is 1.63 bits per heavy atom. The number of aliphatic carboxylic acids is 1. The highest BCUT2D eigenvalue weighted by Crippen LogP contribution is 2.26. The van der Waals surface area contributed by atoms with Gasteiger partial charge in [0.25, 0.3) is 5.91 Å². The molecular weight excluding hydrogens is 533 g/mol. The number of carbonyl (C=O) groups excluding carboxylic acids is 1. The van der Waals surface area contributed by atoms with Crippen LogP contribution in [-0.4, -0.2) is 48.6 Å². The lowest BCUT2D eigenvalue weighted by Gasteiger charge is -2.20. The van der Waals surface area contributed by atoms with Crippen LogP contribution < -0.4 is 10.1 Å². The Labute approximate surface area is 230 Å². The minimum absolute atomic E-state index is 0.0699. The fourth-order valence-electron chi connectivity index (χ4n) is 3.88. The Kier molecular flexibility index (Phi) is 9.98. The van der Waals surface area contributed by atoms with Gasteiger partial charge in [-0.3, -0.25) is 4.79 Å². The maximum absolute atomic E-state index is 12.8. The van der Waals surface area contributed by atoms with E-state index >= 15 is 0 Å².